The van der Waals surface area contributed by atoms with Gasteiger partial charge in [-0.15, -0.1) is 0 Å². The lowest BCUT2D eigenvalue weighted by atomic mass is 9.92. The average Bonchev–Trinajstić information content (AvgIpc) is 2.84. The summed E-state index contributed by atoms with van der Waals surface area (Å²) in [6.45, 7) is 0.322. The topological polar surface area (TPSA) is 49.3 Å². The number of carbonyl (C=O) groups excluding carboxylic acids is 1. The van der Waals surface area contributed by atoms with Gasteiger partial charge in [0.25, 0.3) is 0 Å². The first-order valence-corrected chi connectivity index (χ1v) is 7.42. The molecule has 3 heteroatoms. The van der Waals surface area contributed by atoms with Crippen molar-refractivity contribution < 1.29 is 9.90 Å². The third-order valence-electron chi connectivity index (χ3n) is 4.52. The molecule has 2 aliphatic rings. The smallest absolute Gasteiger partial charge is 0.223 e. The Morgan fingerprint density at radius 3 is 3.00 bits per heavy atom. The van der Waals surface area contributed by atoms with Gasteiger partial charge in [-0.1, -0.05) is 36.4 Å². The minimum atomic E-state index is -0.892. The number of fused-ring (bicyclic) bond motifs is 1. The van der Waals surface area contributed by atoms with Gasteiger partial charge in [0.05, 0.1) is 6.54 Å². The van der Waals surface area contributed by atoms with Crippen LogP contribution in [0.25, 0.3) is 0 Å². The minimum absolute atomic E-state index is 0.0697. The molecular formula is C17H21NO2. The van der Waals surface area contributed by atoms with E-state index in [-0.39, 0.29) is 11.8 Å². The summed E-state index contributed by atoms with van der Waals surface area (Å²) >= 11 is 0. The Labute approximate surface area is 119 Å². The first-order chi connectivity index (χ1) is 9.69. The second-order valence-electron chi connectivity index (χ2n) is 5.89. The average molecular weight is 271 g/mol. The molecule has 3 rings (SSSR count). The zero-order chi connectivity index (χ0) is 14.0. The normalized spacial score (nSPS) is 28.1. The molecule has 0 aromatic heterocycles. The maximum absolute atomic E-state index is 12.2. The summed E-state index contributed by atoms with van der Waals surface area (Å²) in [6, 6.07) is 7.97. The molecule has 1 aromatic carbocycles. The third-order valence-corrected chi connectivity index (χ3v) is 4.52. The summed E-state index contributed by atoms with van der Waals surface area (Å²) in [5.41, 5.74) is 1.28. The largest absolute Gasteiger partial charge is 0.383 e. The van der Waals surface area contributed by atoms with Crippen molar-refractivity contribution in [2.75, 3.05) is 6.54 Å². The van der Waals surface area contributed by atoms with Crippen molar-refractivity contribution in [3.63, 3.8) is 0 Å². The molecule has 106 valence electrons. The summed E-state index contributed by atoms with van der Waals surface area (Å²) < 4.78 is 0. The van der Waals surface area contributed by atoms with Crippen LogP contribution < -0.4 is 5.32 Å². The molecule has 0 radical (unpaired) electrons. The quantitative estimate of drug-likeness (QED) is 0.829. The van der Waals surface area contributed by atoms with Crippen molar-refractivity contribution in [3.05, 3.63) is 47.5 Å². The van der Waals surface area contributed by atoms with Gasteiger partial charge in [0, 0.05) is 5.92 Å². The Balaban J connectivity index is 1.64. The van der Waals surface area contributed by atoms with Gasteiger partial charge in [-0.2, -0.15) is 0 Å². The van der Waals surface area contributed by atoms with Crippen LogP contribution in [0.4, 0.5) is 0 Å². The summed E-state index contributed by atoms with van der Waals surface area (Å²) in [7, 11) is 0. The van der Waals surface area contributed by atoms with Gasteiger partial charge in [0.1, 0.15) is 5.60 Å². The van der Waals surface area contributed by atoms with Gasteiger partial charge in [0.15, 0.2) is 0 Å². The van der Waals surface area contributed by atoms with Crippen molar-refractivity contribution in [1.29, 1.82) is 0 Å². The van der Waals surface area contributed by atoms with E-state index in [9.17, 15) is 9.90 Å². The molecule has 0 heterocycles. The van der Waals surface area contributed by atoms with Crippen LogP contribution in [-0.4, -0.2) is 17.6 Å². The molecule has 0 unspecified atom stereocenters. The molecule has 0 saturated carbocycles. The molecule has 2 aliphatic carbocycles. The lowest BCUT2D eigenvalue weighted by molar-refractivity contribution is -0.126. The van der Waals surface area contributed by atoms with E-state index < -0.39 is 5.60 Å². The number of hydrogen-bond acceptors (Lipinski definition) is 2. The summed E-state index contributed by atoms with van der Waals surface area (Å²) in [4.78, 5) is 12.2. The van der Waals surface area contributed by atoms with E-state index in [4.69, 9.17) is 0 Å². The Morgan fingerprint density at radius 1 is 1.35 bits per heavy atom. The number of nitrogens with one attached hydrogen (secondary N) is 1. The molecule has 0 spiro atoms. The van der Waals surface area contributed by atoms with Crippen LogP contribution in [0.5, 0.6) is 0 Å². The number of amides is 1. The molecule has 1 amide bonds. The number of aliphatic hydroxyl groups is 1. The number of benzene rings is 1. The van der Waals surface area contributed by atoms with E-state index in [1.165, 1.54) is 5.56 Å². The van der Waals surface area contributed by atoms with E-state index in [0.717, 1.165) is 31.2 Å². The molecule has 2 atom stereocenters. The van der Waals surface area contributed by atoms with Gasteiger partial charge in [0.2, 0.25) is 5.91 Å². The van der Waals surface area contributed by atoms with E-state index in [2.05, 4.69) is 23.5 Å². The SMILES string of the molecule is O=C(NC[C@@]1(O)CCc2ccccc21)[C@@H]1CC=CCC1. The van der Waals surface area contributed by atoms with E-state index in [0.29, 0.717) is 13.0 Å². The van der Waals surface area contributed by atoms with Crippen LogP contribution in [0.1, 0.15) is 36.8 Å². The summed E-state index contributed by atoms with van der Waals surface area (Å²) in [5.74, 6) is 0.146. The fourth-order valence-corrected chi connectivity index (χ4v) is 3.26. The molecule has 3 nitrogen and oxygen atoms in total. The van der Waals surface area contributed by atoms with E-state index in [1.807, 2.05) is 18.2 Å². The number of carbonyl (C=O) groups is 1. The van der Waals surface area contributed by atoms with E-state index in [1.54, 1.807) is 0 Å². The second kappa shape index (κ2) is 5.41. The van der Waals surface area contributed by atoms with E-state index >= 15 is 0 Å². The Kier molecular flexibility index (Phi) is 3.62. The number of allylic oxidation sites excluding steroid dienone is 2. The first-order valence-electron chi connectivity index (χ1n) is 7.42. The molecule has 0 fully saturated rings. The van der Waals surface area contributed by atoms with Gasteiger partial charge in [-0.05, 0) is 43.2 Å². The highest BCUT2D eigenvalue weighted by atomic mass is 16.3. The van der Waals surface area contributed by atoms with Crippen LogP contribution in [0.3, 0.4) is 0 Å². The van der Waals surface area contributed by atoms with Crippen molar-refractivity contribution in [2.24, 2.45) is 5.92 Å². The molecule has 0 bridgehead atoms. The standard InChI is InChI=1S/C17H21NO2/c19-16(14-7-2-1-3-8-14)18-12-17(20)11-10-13-6-4-5-9-15(13)17/h1-2,4-6,9,14,20H,3,7-8,10-12H2,(H,18,19)/t14-,17+/m1/s1. The van der Waals surface area contributed by atoms with Crippen LogP contribution in [0.15, 0.2) is 36.4 Å². The molecule has 20 heavy (non-hydrogen) atoms. The second-order valence-corrected chi connectivity index (χ2v) is 5.89. The summed E-state index contributed by atoms with van der Waals surface area (Å²) in [6.07, 6.45) is 8.49. The van der Waals surface area contributed by atoms with Crippen molar-refractivity contribution in [1.82, 2.24) is 5.32 Å². The van der Waals surface area contributed by atoms with Crippen molar-refractivity contribution in [2.45, 2.75) is 37.7 Å². The highest BCUT2D eigenvalue weighted by molar-refractivity contribution is 5.79. The van der Waals surface area contributed by atoms with Crippen molar-refractivity contribution >= 4 is 5.91 Å². The number of hydrogen-bond donors (Lipinski definition) is 2. The zero-order valence-electron chi connectivity index (χ0n) is 11.6. The predicted molar refractivity (Wildman–Crippen MR) is 78.2 cm³/mol. The maximum Gasteiger partial charge on any atom is 0.223 e. The van der Waals surface area contributed by atoms with Crippen LogP contribution in [-0.2, 0) is 16.8 Å². The van der Waals surface area contributed by atoms with Crippen LogP contribution >= 0.6 is 0 Å². The maximum atomic E-state index is 12.2. The van der Waals surface area contributed by atoms with Crippen LogP contribution in [0, 0.1) is 5.92 Å². The van der Waals surface area contributed by atoms with Gasteiger partial charge in [-0.3, -0.25) is 4.79 Å². The Bertz CT molecular complexity index is 538. The molecule has 1 aromatic rings. The highest BCUT2D eigenvalue weighted by Crippen LogP contribution is 2.36. The molecule has 0 saturated heterocycles. The van der Waals surface area contributed by atoms with Gasteiger partial charge < -0.3 is 10.4 Å². The third kappa shape index (κ3) is 2.50. The fraction of sp³-hybridized carbons (Fsp3) is 0.471. The van der Waals surface area contributed by atoms with Gasteiger partial charge >= 0.3 is 0 Å². The molecule has 2 N–H and O–H groups in total. The number of aryl methyl sites for hydroxylation is 1. The highest BCUT2D eigenvalue weighted by Gasteiger charge is 2.37. The molecular weight excluding hydrogens is 250 g/mol. The lowest BCUT2D eigenvalue weighted by Gasteiger charge is -2.26. The first kappa shape index (κ1) is 13.4. The predicted octanol–water partition coefficient (Wildman–Crippen LogP) is 2.29. The summed E-state index contributed by atoms with van der Waals surface area (Å²) in [5, 5.41) is 13.7. The molecule has 0 aliphatic heterocycles. The number of rotatable bonds is 3. The van der Waals surface area contributed by atoms with Crippen LogP contribution in [0.2, 0.25) is 0 Å². The van der Waals surface area contributed by atoms with Crippen molar-refractivity contribution in [3.8, 4) is 0 Å². The van der Waals surface area contributed by atoms with Gasteiger partial charge in [-0.25, -0.2) is 0 Å². The fourth-order valence-electron chi connectivity index (χ4n) is 3.26. The Morgan fingerprint density at radius 2 is 2.20 bits per heavy atom. The monoisotopic (exact) mass is 271 g/mol. The Hall–Kier alpha value is -1.61. The lowest BCUT2D eigenvalue weighted by Crippen LogP contribution is -2.41. The minimum Gasteiger partial charge on any atom is -0.383 e. The zero-order valence-corrected chi connectivity index (χ0v) is 11.6.